The van der Waals surface area contributed by atoms with Crippen molar-refractivity contribution in [2.24, 2.45) is 10.9 Å². The lowest BCUT2D eigenvalue weighted by molar-refractivity contribution is 0.157. The zero-order valence-electron chi connectivity index (χ0n) is 12.4. The molecule has 0 aromatic rings. The van der Waals surface area contributed by atoms with E-state index in [-0.39, 0.29) is 24.0 Å². The summed E-state index contributed by atoms with van der Waals surface area (Å²) in [6.45, 7) is 7.58. The highest BCUT2D eigenvalue weighted by Crippen LogP contribution is 2.16. The van der Waals surface area contributed by atoms with Crippen molar-refractivity contribution in [3.63, 3.8) is 0 Å². The summed E-state index contributed by atoms with van der Waals surface area (Å²) < 4.78 is 10.3. The molecule has 0 radical (unpaired) electrons. The molecule has 1 atom stereocenters. The molecule has 0 bridgehead atoms. The SMILES string of the molecule is CCNC(=NCCCOC)N1CCC(COC)C1.I. The number of nitrogens with zero attached hydrogens (tertiary/aromatic N) is 2. The van der Waals surface area contributed by atoms with E-state index in [0.717, 1.165) is 51.8 Å². The van der Waals surface area contributed by atoms with E-state index in [2.05, 4.69) is 22.1 Å². The van der Waals surface area contributed by atoms with Crippen LogP contribution in [0.5, 0.6) is 0 Å². The van der Waals surface area contributed by atoms with Crippen molar-refractivity contribution in [2.45, 2.75) is 19.8 Å². The van der Waals surface area contributed by atoms with Crippen molar-refractivity contribution in [2.75, 3.05) is 53.6 Å². The molecule has 1 heterocycles. The van der Waals surface area contributed by atoms with Gasteiger partial charge in [0.2, 0.25) is 0 Å². The number of nitrogens with one attached hydrogen (secondary N) is 1. The summed E-state index contributed by atoms with van der Waals surface area (Å²) in [6.07, 6.45) is 2.16. The van der Waals surface area contributed by atoms with E-state index in [4.69, 9.17) is 9.47 Å². The summed E-state index contributed by atoms with van der Waals surface area (Å²) in [5, 5.41) is 3.36. The quantitative estimate of drug-likeness (QED) is 0.313. The highest BCUT2D eigenvalue weighted by Gasteiger charge is 2.24. The van der Waals surface area contributed by atoms with Crippen LogP contribution in [0, 0.1) is 5.92 Å². The number of halogens is 1. The van der Waals surface area contributed by atoms with Crippen LogP contribution >= 0.6 is 24.0 Å². The highest BCUT2D eigenvalue weighted by atomic mass is 127. The Kier molecular flexibility index (Phi) is 11.7. The average molecular weight is 385 g/mol. The van der Waals surface area contributed by atoms with E-state index in [0.29, 0.717) is 5.92 Å². The summed E-state index contributed by atoms with van der Waals surface area (Å²) in [4.78, 5) is 6.97. The van der Waals surface area contributed by atoms with E-state index in [9.17, 15) is 0 Å². The van der Waals surface area contributed by atoms with Crippen molar-refractivity contribution >= 4 is 29.9 Å². The van der Waals surface area contributed by atoms with Crippen molar-refractivity contribution in [3.05, 3.63) is 0 Å². The first kappa shape index (κ1) is 18.9. The van der Waals surface area contributed by atoms with Gasteiger partial charge < -0.3 is 19.7 Å². The fourth-order valence-corrected chi connectivity index (χ4v) is 2.22. The number of hydrogen-bond donors (Lipinski definition) is 1. The smallest absolute Gasteiger partial charge is 0.193 e. The van der Waals surface area contributed by atoms with Gasteiger partial charge in [0.15, 0.2) is 5.96 Å². The van der Waals surface area contributed by atoms with Crippen LogP contribution in [0.2, 0.25) is 0 Å². The molecular formula is C13H28IN3O2. The van der Waals surface area contributed by atoms with Gasteiger partial charge in [-0.05, 0) is 19.8 Å². The van der Waals surface area contributed by atoms with Crippen LogP contribution in [0.15, 0.2) is 4.99 Å². The first-order valence-corrected chi connectivity index (χ1v) is 6.83. The van der Waals surface area contributed by atoms with Gasteiger partial charge >= 0.3 is 0 Å². The number of ether oxygens (including phenoxy) is 2. The lowest BCUT2D eigenvalue weighted by Crippen LogP contribution is -2.40. The minimum atomic E-state index is 0. The topological polar surface area (TPSA) is 46.1 Å². The maximum Gasteiger partial charge on any atom is 0.193 e. The van der Waals surface area contributed by atoms with Gasteiger partial charge in [0, 0.05) is 52.9 Å². The normalized spacial score (nSPS) is 19.4. The number of hydrogen-bond acceptors (Lipinski definition) is 3. The molecule has 1 unspecified atom stereocenters. The first-order valence-electron chi connectivity index (χ1n) is 6.83. The van der Waals surface area contributed by atoms with Crippen LogP contribution in [0.1, 0.15) is 19.8 Å². The van der Waals surface area contributed by atoms with Crippen LogP contribution in [0.3, 0.4) is 0 Å². The zero-order chi connectivity index (χ0) is 13.2. The van der Waals surface area contributed by atoms with E-state index in [1.54, 1.807) is 14.2 Å². The van der Waals surface area contributed by atoms with Gasteiger partial charge in [0.05, 0.1) is 6.61 Å². The van der Waals surface area contributed by atoms with E-state index < -0.39 is 0 Å². The van der Waals surface area contributed by atoms with Gasteiger partial charge in [-0.1, -0.05) is 0 Å². The summed E-state index contributed by atoms with van der Waals surface area (Å²) >= 11 is 0. The molecule has 5 nitrogen and oxygen atoms in total. The zero-order valence-corrected chi connectivity index (χ0v) is 14.7. The predicted octanol–water partition coefficient (Wildman–Crippen LogP) is 1.57. The minimum Gasteiger partial charge on any atom is -0.385 e. The number of methoxy groups -OCH3 is 2. The Morgan fingerprint density at radius 2 is 2.16 bits per heavy atom. The number of aliphatic imine (C=N–C) groups is 1. The molecule has 0 amide bonds. The monoisotopic (exact) mass is 385 g/mol. The Hall–Kier alpha value is -0.0800. The third-order valence-corrected chi connectivity index (χ3v) is 3.09. The van der Waals surface area contributed by atoms with E-state index in [1.807, 2.05) is 0 Å². The maximum atomic E-state index is 5.22. The van der Waals surface area contributed by atoms with Crippen LogP contribution in [0.4, 0.5) is 0 Å². The molecule has 1 aliphatic rings. The Labute approximate surface area is 134 Å². The molecule has 0 aromatic heterocycles. The van der Waals surface area contributed by atoms with Gasteiger partial charge in [-0.15, -0.1) is 24.0 Å². The summed E-state index contributed by atoms with van der Waals surface area (Å²) in [7, 11) is 3.50. The van der Waals surface area contributed by atoms with Gasteiger partial charge in [-0.3, -0.25) is 4.99 Å². The third kappa shape index (κ3) is 7.31. The molecule has 1 fully saturated rings. The number of rotatable bonds is 7. The van der Waals surface area contributed by atoms with Crippen molar-refractivity contribution < 1.29 is 9.47 Å². The molecule has 1 rings (SSSR count). The maximum absolute atomic E-state index is 5.22. The Morgan fingerprint density at radius 3 is 2.79 bits per heavy atom. The molecule has 0 spiro atoms. The van der Waals surface area contributed by atoms with Gasteiger partial charge in [-0.2, -0.15) is 0 Å². The van der Waals surface area contributed by atoms with E-state index in [1.165, 1.54) is 6.42 Å². The van der Waals surface area contributed by atoms with Crippen LogP contribution in [0.25, 0.3) is 0 Å². The molecule has 1 aliphatic heterocycles. The predicted molar refractivity (Wildman–Crippen MR) is 89.4 cm³/mol. The molecule has 1 N–H and O–H groups in total. The van der Waals surface area contributed by atoms with Crippen molar-refractivity contribution in [1.82, 2.24) is 10.2 Å². The lowest BCUT2D eigenvalue weighted by Gasteiger charge is -2.21. The molecular weight excluding hydrogens is 357 g/mol. The minimum absolute atomic E-state index is 0. The number of likely N-dealkylation sites (tertiary alicyclic amines) is 1. The van der Waals surface area contributed by atoms with Gasteiger partial charge in [0.1, 0.15) is 0 Å². The number of guanidine groups is 1. The first-order chi connectivity index (χ1) is 8.81. The molecule has 19 heavy (non-hydrogen) atoms. The highest BCUT2D eigenvalue weighted by molar-refractivity contribution is 14.0. The molecule has 1 saturated heterocycles. The largest absolute Gasteiger partial charge is 0.385 e. The second-order valence-corrected chi connectivity index (χ2v) is 4.64. The van der Waals surface area contributed by atoms with Crippen LogP contribution in [-0.2, 0) is 9.47 Å². The standard InChI is InChI=1S/C13H27N3O2.HI/c1-4-14-13(15-7-5-9-17-2)16-8-6-12(10-16)11-18-3;/h12H,4-11H2,1-3H3,(H,14,15);1H. The van der Waals surface area contributed by atoms with Gasteiger partial charge in [-0.25, -0.2) is 0 Å². The Bertz CT molecular complexity index is 252. The fraction of sp³-hybridized carbons (Fsp3) is 0.923. The Balaban J connectivity index is 0.00000324. The molecule has 0 aliphatic carbocycles. The van der Waals surface area contributed by atoms with Gasteiger partial charge in [0.25, 0.3) is 0 Å². The molecule has 0 saturated carbocycles. The molecule has 114 valence electrons. The van der Waals surface area contributed by atoms with E-state index >= 15 is 0 Å². The third-order valence-electron chi connectivity index (χ3n) is 3.09. The Morgan fingerprint density at radius 1 is 1.37 bits per heavy atom. The van der Waals surface area contributed by atoms with Crippen LogP contribution in [-0.4, -0.2) is 64.5 Å². The molecule has 0 aromatic carbocycles. The molecule has 6 heteroatoms. The second kappa shape index (κ2) is 11.7. The fourth-order valence-electron chi connectivity index (χ4n) is 2.22. The summed E-state index contributed by atoms with van der Waals surface area (Å²) in [6, 6.07) is 0. The summed E-state index contributed by atoms with van der Waals surface area (Å²) in [5.74, 6) is 1.67. The van der Waals surface area contributed by atoms with Crippen molar-refractivity contribution in [1.29, 1.82) is 0 Å². The lowest BCUT2D eigenvalue weighted by atomic mass is 10.1. The average Bonchev–Trinajstić information content (AvgIpc) is 2.82. The summed E-state index contributed by atoms with van der Waals surface area (Å²) in [5.41, 5.74) is 0. The second-order valence-electron chi connectivity index (χ2n) is 4.64. The van der Waals surface area contributed by atoms with Crippen molar-refractivity contribution in [3.8, 4) is 0 Å². The van der Waals surface area contributed by atoms with Crippen LogP contribution < -0.4 is 5.32 Å².